The molecule has 16 heavy (non-hydrogen) atoms. The second-order valence-electron chi connectivity index (χ2n) is 3.42. The van der Waals surface area contributed by atoms with Crippen LogP contribution in [-0.2, 0) is 4.74 Å². The normalized spacial score (nSPS) is 11.4. The lowest BCUT2D eigenvalue weighted by atomic mass is 10.0. The summed E-state index contributed by atoms with van der Waals surface area (Å²) in [5.74, 6) is -0.355. The van der Waals surface area contributed by atoms with Crippen LogP contribution < -0.4 is 0 Å². The molecule has 1 atom stereocenters. The largest absolute Gasteiger partial charge is 0.465 e. The number of aliphatic hydroxyl groups is 1. The van der Waals surface area contributed by atoms with Crippen LogP contribution >= 0.6 is 0 Å². The summed E-state index contributed by atoms with van der Waals surface area (Å²) in [7, 11) is 1.35. The zero-order valence-corrected chi connectivity index (χ0v) is 9.06. The van der Waals surface area contributed by atoms with Gasteiger partial charge < -0.3 is 9.84 Å². The van der Waals surface area contributed by atoms with Crippen LogP contribution in [0.25, 0.3) is 0 Å². The highest BCUT2D eigenvalue weighted by atomic mass is 16.5. The number of ether oxygens (including phenoxy) is 1. The molecule has 0 saturated carbocycles. The molecule has 90 valence electrons. The van der Waals surface area contributed by atoms with Gasteiger partial charge in [-0.25, -0.2) is 4.79 Å². The molecule has 1 N–H and O–H groups in total. The minimum absolute atomic E-state index is 0. The van der Waals surface area contributed by atoms with Crippen molar-refractivity contribution < 1.29 is 14.6 Å². The number of rotatable bonds is 4. The van der Waals surface area contributed by atoms with Crippen LogP contribution in [0.5, 0.6) is 0 Å². The predicted octanol–water partition coefficient (Wildman–Crippen LogP) is 2.94. The Bertz CT molecular complexity index is 316. The van der Waals surface area contributed by atoms with Gasteiger partial charge in [0.25, 0.3) is 0 Å². The Kier molecular flexibility index (Phi) is 6.42. The molecule has 1 unspecified atom stereocenters. The van der Waals surface area contributed by atoms with Gasteiger partial charge in [0, 0.05) is 0 Å². The molecule has 0 radical (unpaired) electrons. The summed E-state index contributed by atoms with van der Waals surface area (Å²) in [5.41, 5.74) is 1.34. The molecule has 0 aliphatic heterocycles. The van der Waals surface area contributed by atoms with Crippen molar-refractivity contribution in [3.8, 4) is 0 Å². The van der Waals surface area contributed by atoms with E-state index in [1.807, 2.05) is 6.92 Å². The van der Waals surface area contributed by atoms with Crippen molar-refractivity contribution >= 4 is 5.97 Å². The Morgan fingerprint density at radius 3 is 2.38 bits per heavy atom. The highest BCUT2D eigenvalue weighted by Gasteiger charge is 2.08. The minimum atomic E-state index is -0.443. The fourth-order valence-corrected chi connectivity index (χ4v) is 1.40. The van der Waals surface area contributed by atoms with Crippen molar-refractivity contribution in [2.24, 2.45) is 0 Å². The van der Waals surface area contributed by atoms with Crippen LogP contribution in [0.2, 0.25) is 0 Å². The SMILES string of the molecule is C.CCCC(O)c1ccc(C(=O)OC)cc1. The van der Waals surface area contributed by atoms with E-state index in [0.29, 0.717) is 5.56 Å². The molecule has 1 aromatic rings. The fourth-order valence-electron chi connectivity index (χ4n) is 1.40. The van der Waals surface area contributed by atoms with E-state index < -0.39 is 6.10 Å². The van der Waals surface area contributed by atoms with Gasteiger partial charge in [0.05, 0.1) is 18.8 Å². The Labute approximate surface area is 97.1 Å². The first kappa shape index (κ1) is 14.6. The monoisotopic (exact) mass is 224 g/mol. The molecule has 0 aliphatic carbocycles. The Morgan fingerprint density at radius 1 is 1.38 bits per heavy atom. The van der Waals surface area contributed by atoms with Crippen molar-refractivity contribution in [3.63, 3.8) is 0 Å². The molecule has 3 heteroatoms. The first-order valence-electron chi connectivity index (χ1n) is 5.05. The second kappa shape index (κ2) is 7.01. The topological polar surface area (TPSA) is 46.5 Å². The van der Waals surface area contributed by atoms with Gasteiger partial charge in [-0.1, -0.05) is 32.9 Å². The molecule has 0 saturated heterocycles. The number of methoxy groups -OCH3 is 1. The molecule has 0 bridgehead atoms. The van der Waals surface area contributed by atoms with Gasteiger partial charge in [-0.05, 0) is 24.1 Å². The van der Waals surface area contributed by atoms with Crippen LogP contribution in [0.3, 0.4) is 0 Å². The predicted molar refractivity (Wildman–Crippen MR) is 64.4 cm³/mol. The standard InChI is InChI=1S/C12H16O3.CH4/c1-3-4-11(13)9-5-7-10(8-6-9)12(14)15-2;/h5-8,11,13H,3-4H2,1-2H3;1H4. The van der Waals surface area contributed by atoms with Crippen molar-refractivity contribution in [2.45, 2.75) is 33.3 Å². The zero-order chi connectivity index (χ0) is 11.3. The molecular formula is C13H20O3. The first-order chi connectivity index (χ1) is 7.19. The van der Waals surface area contributed by atoms with Gasteiger partial charge in [0.1, 0.15) is 0 Å². The number of carbonyl (C=O) groups excluding carboxylic acids is 1. The number of esters is 1. The molecule has 0 aromatic heterocycles. The molecule has 1 aromatic carbocycles. The molecule has 0 fully saturated rings. The quantitative estimate of drug-likeness (QED) is 0.800. The maximum atomic E-state index is 11.1. The molecule has 1 rings (SSSR count). The molecule has 0 heterocycles. The zero-order valence-electron chi connectivity index (χ0n) is 9.06. The summed E-state index contributed by atoms with van der Waals surface area (Å²) < 4.78 is 4.58. The van der Waals surface area contributed by atoms with Gasteiger partial charge in [-0.2, -0.15) is 0 Å². The van der Waals surface area contributed by atoms with E-state index in [1.54, 1.807) is 24.3 Å². The molecule has 3 nitrogen and oxygen atoms in total. The van der Waals surface area contributed by atoms with E-state index in [1.165, 1.54) is 7.11 Å². The number of benzene rings is 1. The summed E-state index contributed by atoms with van der Waals surface area (Å²) in [5, 5.41) is 9.69. The van der Waals surface area contributed by atoms with Crippen LogP contribution in [0, 0.1) is 0 Å². The number of hydrogen-bond acceptors (Lipinski definition) is 3. The van der Waals surface area contributed by atoms with E-state index >= 15 is 0 Å². The van der Waals surface area contributed by atoms with Gasteiger partial charge in [-0.15, -0.1) is 0 Å². The molecular weight excluding hydrogens is 204 g/mol. The van der Waals surface area contributed by atoms with Crippen molar-refractivity contribution in [3.05, 3.63) is 35.4 Å². The van der Waals surface area contributed by atoms with Gasteiger partial charge >= 0.3 is 5.97 Å². The lowest BCUT2D eigenvalue weighted by Crippen LogP contribution is -2.02. The van der Waals surface area contributed by atoms with Crippen LogP contribution in [0.4, 0.5) is 0 Å². The minimum Gasteiger partial charge on any atom is -0.465 e. The third kappa shape index (κ3) is 3.66. The highest BCUT2D eigenvalue weighted by molar-refractivity contribution is 5.89. The van der Waals surface area contributed by atoms with Crippen LogP contribution in [-0.4, -0.2) is 18.2 Å². The Morgan fingerprint density at radius 2 is 1.94 bits per heavy atom. The number of hydrogen-bond donors (Lipinski definition) is 1. The molecule has 0 amide bonds. The fraction of sp³-hybridized carbons (Fsp3) is 0.462. The third-order valence-corrected chi connectivity index (χ3v) is 2.28. The summed E-state index contributed by atoms with van der Waals surface area (Å²) in [4.78, 5) is 11.1. The van der Waals surface area contributed by atoms with Crippen molar-refractivity contribution in [1.82, 2.24) is 0 Å². The van der Waals surface area contributed by atoms with Crippen molar-refractivity contribution in [1.29, 1.82) is 0 Å². The first-order valence-corrected chi connectivity index (χ1v) is 5.05. The highest BCUT2D eigenvalue weighted by Crippen LogP contribution is 2.18. The van der Waals surface area contributed by atoms with Crippen LogP contribution in [0.15, 0.2) is 24.3 Å². The van der Waals surface area contributed by atoms with Crippen molar-refractivity contribution in [2.75, 3.05) is 7.11 Å². The van der Waals surface area contributed by atoms with Gasteiger partial charge in [-0.3, -0.25) is 0 Å². The van der Waals surface area contributed by atoms with Gasteiger partial charge in [0.2, 0.25) is 0 Å². The van der Waals surface area contributed by atoms with E-state index in [9.17, 15) is 9.90 Å². The smallest absolute Gasteiger partial charge is 0.337 e. The van der Waals surface area contributed by atoms with E-state index in [4.69, 9.17) is 0 Å². The number of aliphatic hydroxyl groups excluding tert-OH is 1. The summed E-state index contributed by atoms with van der Waals surface area (Å²) in [6.07, 6.45) is 1.22. The second-order valence-corrected chi connectivity index (χ2v) is 3.42. The van der Waals surface area contributed by atoms with E-state index in [0.717, 1.165) is 18.4 Å². The summed E-state index contributed by atoms with van der Waals surface area (Å²) in [6, 6.07) is 6.85. The average molecular weight is 224 g/mol. The Balaban J connectivity index is 0.00000225. The average Bonchev–Trinajstić information content (AvgIpc) is 2.28. The molecule has 0 spiro atoms. The summed E-state index contributed by atoms with van der Waals surface area (Å²) in [6.45, 7) is 2.02. The lowest BCUT2D eigenvalue weighted by Gasteiger charge is -2.09. The Hall–Kier alpha value is -1.35. The third-order valence-electron chi connectivity index (χ3n) is 2.28. The van der Waals surface area contributed by atoms with Gasteiger partial charge in [0.15, 0.2) is 0 Å². The maximum Gasteiger partial charge on any atom is 0.337 e. The van der Waals surface area contributed by atoms with E-state index in [-0.39, 0.29) is 13.4 Å². The lowest BCUT2D eigenvalue weighted by molar-refractivity contribution is 0.0600. The number of carbonyl (C=O) groups is 1. The summed E-state index contributed by atoms with van der Waals surface area (Å²) >= 11 is 0. The maximum absolute atomic E-state index is 11.1. The van der Waals surface area contributed by atoms with Crippen LogP contribution in [0.1, 0.15) is 49.2 Å². The van der Waals surface area contributed by atoms with E-state index in [2.05, 4.69) is 4.74 Å². The molecule has 0 aliphatic rings.